The zero-order chi connectivity index (χ0) is 20.1. The molecule has 1 amide bonds. The highest BCUT2D eigenvalue weighted by atomic mass is 16.5. The van der Waals surface area contributed by atoms with Crippen LogP contribution in [-0.4, -0.2) is 71.3 Å². The van der Waals surface area contributed by atoms with Crippen LogP contribution in [0.2, 0.25) is 0 Å². The Kier molecular flexibility index (Phi) is 7.12. The molecule has 0 aliphatic carbocycles. The Bertz CT molecular complexity index is 650. The monoisotopic (exact) mass is 393 g/mol. The Morgan fingerprint density at radius 3 is 2.75 bits per heavy atom. The Morgan fingerprint density at radius 2 is 2.11 bits per heavy atom. The van der Waals surface area contributed by atoms with E-state index in [0.29, 0.717) is 18.8 Å². The summed E-state index contributed by atoms with van der Waals surface area (Å²) in [4.78, 5) is 14.9. The maximum Gasteiger partial charge on any atom is 0.257 e. The fourth-order valence-electron chi connectivity index (χ4n) is 4.24. The molecule has 0 aromatic carbocycles. The predicted octanol–water partition coefficient (Wildman–Crippen LogP) is 2.81. The second-order valence-corrected chi connectivity index (χ2v) is 8.19. The molecule has 7 heteroatoms. The first-order chi connectivity index (χ1) is 13.4. The van der Waals surface area contributed by atoms with Crippen molar-refractivity contribution in [2.45, 2.75) is 77.7 Å². The first kappa shape index (κ1) is 21.3. The fourth-order valence-corrected chi connectivity index (χ4v) is 4.24. The van der Waals surface area contributed by atoms with Crippen LogP contribution in [0.3, 0.4) is 0 Å². The van der Waals surface area contributed by atoms with Crippen molar-refractivity contribution >= 4 is 5.91 Å². The molecule has 1 spiro atoms. The summed E-state index contributed by atoms with van der Waals surface area (Å²) in [6.45, 7) is 12.3. The number of hydrogen-bond acceptors (Lipinski definition) is 5. The van der Waals surface area contributed by atoms with Gasteiger partial charge in [0.25, 0.3) is 5.91 Å². The third kappa shape index (κ3) is 4.93. The van der Waals surface area contributed by atoms with Gasteiger partial charge in [-0.05, 0) is 47.0 Å². The number of nitrogens with zero attached hydrogens (tertiary/aromatic N) is 3. The number of amides is 1. The summed E-state index contributed by atoms with van der Waals surface area (Å²) in [6.07, 6.45) is 5.72. The van der Waals surface area contributed by atoms with Crippen LogP contribution in [0.4, 0.5) is 0 Å². The standard InChI is InChI=1S/C21H35N3O4/c1-5-24-17(4)19(15-22-24)20(25)23-9-7-21(8-10-23)14-18(6-11-28-21)27-13-12-26-16(2)3/h15-16,18H,5-14H2,1-4H3. The zero-order valence-electron chi connectivity index (χ0n) is 17.8. The number of aryl methyl sites for hydroxylation is 1. The van der Waals surface area contributed by atoms with E-state index in [1.807, 2.05) is 37.3 Å². The molecule has 3 heterocycles. The van der Waals surface area contributed by atoms with Crippen molar-refractivity contribution in [3.05, 3.63) is 17.5 Å². The Balaban J connectivity index is 1.50. The lowest BCUT2D eigenvalue weighted by Crippen LogP contribution is -2.52. The highest BCUT2D eigenvalue weighted by molar-refractivity contribution is 5.95. The topological polar surface area (TPSA) is 65.8 Å². The number of hydrogen-bond donors (Lipinski definition) is 0. The smallest absolute Gasteiger partial charge is 0.257 e. The summed E-state index contributed by atoms with van der Waals surface area (Å²) in [5, 5.41) is 4.31. The number of carbonyl (C=O) groups excluding carboxylic acids is 1. The van der Waals surface area contributed by atoms with Gasteiger partial charge in [-0.3, -0.25) is 9.48 Å². The van der Waals surface area contributed by atoms with Crippen LogP contribution in [0, 0.1) is 6.92 Å². The van der Waals surface area contributed by atoms with Crippen molar-refractivity contribution in [2.24, 2.45) is 0 Å². The lowest BCUT2D eigenvalue weighted by molar-refractivity contribution is -0.156. The van der Waals surface area contributed by atoms with Gasteiger partial charge in [-0.25, -0.2) is 0 Å². The minimum Gasteiger partial charge on any atom is -0.376 e. The van der Waals surface area contributed by atoms with Crippen molar-refractivity contribution < 1.29 is 19.0 Å². The molecule has 2 saturated heterocycles. The predicted molar refractivity (Wildman–Crippen MR) is 107 cm³/mol. The number of ether oxygens (including phenoxy) is 3. The van der Waals surface area contributed by atoms with Gasteiger partial charge in [-0.15, -0.1) is 0 Å². The first-order valence-electron chi connectivity index (χ1n) is 10.6. The lowest BCUT2D eigenvalue weighted by Gasteiger charge is -2.46. The number of piperidine rings is 1. The summed E-state index contributed by atoms with van der Waals surface area (Å²) in [6, 6.07) is 0. The third-order valence-corrected chi connectivity index (χ3v) is 5.93. The summed E-state index contributed by atoms with van der Waals surface area (Å²) >= 11 is 0. The van der Waals surface area contributed by atoms with E-state index in [4.69, 9.17) is 14.2 Å². The number of carbonyl (C=O) groups is 1. The second-order valence-electron chi connectivity index (χ2n) is 8.19. The number of rotatable bonds is 7. The normalized spacial score (nSPS) is 22.2. The minimum atomic E-state index is -0.152. The van der Waals surface area contributed by atoms with Gasteiger partial charge < -0.3 is 19.1 Å². The van der Waals surface area contributed by atoms with Crippen molar-refractivity contribution in [2.75, 3.05) is 32.9 Å². The summed E-state index contributed by atoms with van der Waals surface area (Å²) < 4.78 is 19.7. The second kappa shape index (κ2) is 9.37. The van der Waals surface area contributed by atoms with Crippen molar-refractivity contribution in [1.29, 1.82) is 0 Å². The molecule has 1 aromatic heterocycles. The molecule has 1 unspecified atom stereocenters. The Labute approximate surface area is 168 Å². The molecule has 2 aliphatic heterocycles. The van der Waals surface area contributed by atoms with Gasteiger partial charge in [-0.1, -0.05) is 0 Å². The van der Waals surface area contributed by atoms with Gasteiger partial charge in [-0.2, -0.15) is 5.10 Å². The highest BCUT2D eigenvalue weighted by Crippen LogP contribution is 2.36. The molecule has 28 heavy (non-hydrogen) atoms. The highest BCUT2D eigenvalue weighted by Gasteiger charge is 2.41. The van der Waals surface area contributed by atoms with Gasteiger partial charge in [0.15, 0.2) is 0 Å². The maximum absolute atomic E-state index is 12.9. The van der Waals surface area contributed by atoms with Crippen LogP contribution in [0.1, 0.15) is 62.5 Å². The van der Waals surface area contributed by atoms with E-state index in [-0.39, 0.29) is 23.7 Å². The molecule has 1 aromatic rings. The van der Waals surface area contributed by atoms with Crippen LogP contribution in [0.15, 0.2) is 6.20 Å². The van der Waals surface area contributed by atoms with Gasteiger partial charge in [0, 0.05) is 38.4 Å². The van der Waals surface area contributed by atoms with Crippen LogP contribution >= 0.6 is 0 Å². The number of aromatic nitrogens is 2. The van der Waals surface area contributed by atoms with E-state index in [2.05, 4.69) is 5.10 Å². The third-order valence-electron chi connectivity index (χ3n) is 5.93. The average molecular weight is 394 g/mol. The van der Waals surface area contributed by atoms with Crippen molar-refractivity contribution in [3.63, 3.8) is 0 Å². The largest absolute Gasteiger partial charge is 0.376 e. The van der Waals surface area contributed by atoms with Crippen molar-refractivity contribution in [1.82, 2.24) is 14.7 Å². The molecule has 158 valence electrons. The van der Waals surface area contributed by atoms with E-state index in [9.17, 15) is 4.79 Å². The molecule has 2 fully saturated rings. The SMILES string of the molecule is CCn1ncc(C(=O)N2CCC3(CC2)CC(OCCOC(C)C)CCO3)c1C. The van der Waals surface area contributed by atoms with Crippen LogP contribution in [0.5, 0.6) is 0 Å². The van der Waals surface area contributed by atoms with Gasteiger partial charge >= 0.3 is 0 Å². The quantitative estimate of drug-likeness (QED) is 0.667. The molecule has 0 saturated carbocycles. The van der Waals surface area contributed by atoms with Gasteiger partial charge in [0.05, 0.1) is 42.8 Å². The van der Waals surface area contributed by atoms with E-state index >= 15 is 0 Å². The fraction of sp³-hybridized carbons (Fsp3) is 0.810. The summed E-state index contributed by atoms with van der Waals surface area (Å²) in [7, 11) is 0. The van der Waals surface area contributed by atoms with Crippen LogP contribution in [0.25, 0.3) is 0 Å². The van der Waals surface area contributed by atoms with E-state index < -0.39 is 0 Å². The van der Waals surface area contributed by atoms with E-state index in [1.54, 1.807) is 6.20 Å². The lowest BCUT2D eigenvalue weighted by atomic mass is 9.83. The average Bonchev–Trinajstić information content (AvgIpc) is 3.06. The summed E-state index contributed by atoms with van der Waals surface area (Å²) in [5.74, 6) is 0.0847. The molecule has 1 atom stereocenters. The molecule has 3 rings (SSSR count). The molecular formula is C21H35N3O4. The Morgan fingerprint density at radius 1 is 1.36 bits per heavy atom. The molecule has 0 bridgehead atoms. The minimum absolute atomic E-state index is 0.0847. The molecule has 0 radical (unpaired) electrons. The van der Waals surface area contributed by atoms with Crippen molar-refractivity contribution in [3.8, 4) is 0 Å². The number of likely N-dealkylation sites (tertiary alicyclic amines) is 1. The maximum atomic E-state index is 12.9. The molecule has 0 N–H and O–H groups in total. The summed E-state index contributed by atoms with van der Waals surface area (Å²) in [5.41, 5.74) is 1.51. The van der Waals surface area contributed by atoms with Crippen LogP contribution < -0.4 is 0 Å². The molecule has 7 nitrogen and oxygen atoms in total. The van der Waals surface area contributed by atoms with Crippen LogP contribution in [-0.2, 0) is 20.8 Å². The van der Waals surface area contributed by atoms with Gasteiger partial charge in [0.2, 0.25) is 0 Å². The molecule has 2 aliphatic rings. The van der Waals surface area contributed by atoms with E-state index in [0.717, 1.165) is 57.6 Å². The molecular weight excluding hydrogens is 358 g/mol. The zero-order valence-corrected chi connectivity index (χ0v) is 17.8. The van der Waals surface area contributed by atoms with Gasteiger partial charge in [0.1, 0.15) is 0 Å². The first-order valence-corrected chi connectivity index (χ1v) is 10.6. The van der Waals surface area contributed by atoms with E-state index in [1.165, 1.54) is 0 Å². The Hall–Kier alpha value is -1.44.